The molecule has 0 aliphatic rings. The normalized spacial score (nSPS) is 14.1. The van der Waals surface area contributed by atoms with Crippen LogP contribution in [0.3, 0.4) is 0 Å². The van der Waals surface area contributed by atoms with Crippen LogP contribution in [-0.4, -0.2) is 73.4 Å². The second kappa shape index (κ2) is 48.0. The number of carbonyl (C=O) groups is 1. The van der Waals surface area contributed by atoms with Gasteiger partial charge >= 0.3 is 7.82 Å². The summed E-state index contributed by atoms with van der Waals surface area (Å²) in [6.45, 7) is 4.85. The summed E-state index contributed by atoms with van der Waals surface area (Å²) in [5.74, 6) is -0.177. The average molecular weight is 940 g/mol. The summed E-state index contributed by atoms with van der Waals surface area (Å²) in [6, 6.07) is -0.847. The Kier molecular flexibility index (Phi) is 47.3. The van der Waals surface area contributed by atoms with Gasteiger partial charge in [0, 0.05) is 6.42 Å². The van der Waals surface area contributed by atoms with Crippen molar-refractivity contribution in [3.05, 3.63) is 24.3 Å². The Balaban J connectivity index is 4.23. The quantitative estimate of drug-likeness (QED) is 0.0243. The number of likely N-dealkylation sites (N-methyl/N-ethyl adjacent to an activating group) is 1. The highest BCUT2D eigenvalue weighted by Crippen LogP contribution is 2.43. The topological polar surface area (TPSA) is 105 Å². The van der Waals surface area contributed by atoms with Crippen molar-refractivity contribution < 1.29 is 32.9 Å². The van der Waals surface area contributed by atoms with Crippen molar-refractivity contribution in [3.63, 3.8) is 0 Å². The van der Waals surface area contributed by atoms with Gasteiger partial charge in [0.1, 0.15) is 13.2 Å². The molecule has 0 aromatic heterocycles. The van der Waals surface area contributed by atoms with Gasteiger partial charge in [0.2, 0.25) is 5.91 Å². The lowest BCUT2D eigenvalue weighted by Crippen LogP contribution is -2.45. The molecule has 0 radical (unpaired) electrons. The van der Waals surface area contributed by atoms with E-state index in [9.17, 15) is 19.4 Å². The van der Waals surface area contributed by atoms with E-state index in [1.54, 1.807) is 6.08 Å². The Morgan fingerprint density at radius 1 is 0.508 bits per heavy atom. The third-order valence-electron chi connectivity index (χ3n) is 12.9. The molecule has 0 saturated heterocycles. The minimum atomic E-state index is -4.34. The number of allylic oxidation sites excluding steroid dienone is 3. The van der Waals surface area contributed by atoms with E-state index in [-0.39, 0.29) is 19.1 Å². The standard InChI is InChI=1S/C56H111N2O6P/c1-6-8-10-12-14-16-18-20-22-24-26-28-29-30-32-34-36-38-40-42-44-46-48-50-56(60)57-54(53-64-65(61,62)63-52-51-58(3,4)5)55(59)49-47-45-43-41-39-37-35-33-31-27-25-23-21-19-17-15-13-11-9-7-2/h30,32,47,49,54-55,59H,6-29,31,33-46,48,50-53H2,1-5H3,(H-,57,60,61,62)/p+1/b32-30-,49-47+. The number of amides is 1. The van der Waals surface area contributed by atoms with Crippen LogP contribution in [0, 0.1) is 0 Å². The van der Waals surface area contributed by atoms with Crippen LogP contribution in [0.25, 0.3) is 0 Å². The fraction of sp³-hybridized carbons (Fsp3) is 0.911. The number of hydrogen-bond acceptors (Lipinski definition) is 5. The second-order valence-corrected chi connectivity index (χ2v) is 22.1. The first-order valence-electron chi connectivity index (χ1n) is 28.2. The Morgan fingerprint density at radius 3 is 1.18 bits per heavy atom. The van der Waals surface area contributed by atoms with Crippen molar-refractivity contribution in [2.45, 2.75) is 289 Å². The van der Waals surface area contributed by atoms with Crippen molar-refractivity contribution in [1.29, 1.82) is 0 Å². The molecule has 0 aliphatic carbocycles. The predicted octanol–water partition coefficient (Wildman–Crippen LogP) is 16.8. The maximum atomic E-state index is 13.0. The van der Waals surface area contributed by atoms with E-state index >= 15 is 0 Å². The van der Waals surface area contributed by atoms with Crippen molar-refractivity contribution in [3.8, 4) is 0 Å². The third-order valence-corrected chi connectivity index (χ3v) is 13.9. The Hall–Kier alpha value is -1.02. The summed E-state index contributed by atoms with van der Waals surface area (Å²) in [5.41, 5.74) is 0. The van der Waals surface area contributed by atoms with Crippen LogP contribution in [0.5, 0.6) is 0 Å². The molecular formula is C56H112N2O6P+. The first-order valence-corrected chi connectivity index (χ1v) is 29.7. The number of hydrogen-bond donors (Lipinski definition) is 3. The smallest absolute Gasteiger partial charge is 0.387 e. The molecule has 65 heavy (non-hydrogen) atoms. The van der Waals surface area contributed by atoms with Gasteiger partial charge in [0.15, 0.2) is 0 Å². The molecule has 3 N–H and O–H groups in total. The van der Waals surface area contributed by atoms with Crippen LogP contribution in [0.4, 0.5) is 0 Å². The molecule has 386 valence electrons. The van der Waals surface area contributed by atoms with Crippen molar-refractivity contribution in [2.24, 2.45) is 0 Å². The molecule has 1 amide bonds. The van der Waals surface area contributed by atoms with Crippen LogP contribution in [-0.2, 0) is 18.4 Å². The maximum Gasteiger partial charge on any atom is 0.472 e. The van der Waals surface area contributed by atoms with E-state index in [1.165, 1.54) is 218 Å². The van der Waals surface area contributed by atoms with Gasteiger partial charge in [-0.05, 0) is 44.9 Å². The van der Waals surface area contributed by atoms with E-state index in [1.807, 2.05) is 27.2 Å². The molecule has 9 heteroatoms. The number of aliphatic hydroxyl groups is 1. The van der Waals surface area contributed by atoms with E-state index < -0.39 is 20.0 Å². The number of nitrogens with zero attached hydrogens (tertiary/aromatic N) is 1. The average Bonchev–Trinajstić information content (AvgIpc) is 3.26. The van der Waals surface area contributed by atoms with E-state index in [4.69, 9.17) is 9.05 Å². The number of phosphoric ester groups is 1. The van der Waals surface area contributed by atoms with Crippen molar-refractivity contribution >= 4 is 13.7 Å². The Bertz CT molecular complexity index is 1110. The van der Waals surface area contributed by atoms with Gasteiger partial charge in [-0.2, -0.15) is 0 Å². The van der Waals surface area contributed by atoms with Crippen LogP contribution in [0.2, 0.25) is 0 Å². The molecule has 0 rings (SSSR count). The molecular weight excluding hydrogens is 828 g/mol. The fourth-order valence-corrected chi connectivity index (χ4v) is 9.19. The molecule has 0 heterocycles. The number of phosphoric acid groups is 1. The number of carbonyl (C=O) groups excluding carboxylic acids is 1. The van der Waals surface area contributed by atoms with Crippen LogP contribution >= 0.6 is 7.82 Å². The van der Waals surface area contributed by atoms with Crippen LogP contribution < -0.4 is 5.32 Å². The Morgan fingerprint density at radius 2 is 0.831 bits per heavy atom. The number of nitrogens with one attached hydrogen (secondary N) is 1. The summed E-state index contributed by atoms with van der Waals surface area (Å²) in [4.78, 5) is 23.3. The van der Waals surface area contributed by atoms with Gasteiger partial charge in [-0.1, -0.05) is 250 Å². The number of quaternary nitrogens is 1. The highest BCUT2D eigenvalue weighted by Gasteiger charge is 2.27. The monoisotopic (exact) mass is 940 g/mol. The van der Waals surface area contributed by atoms with Gasteiger partial charge in [0.05, 0.1) is 39.9 Å². The molecule has 0 saturated carbocycles. The fourth-order valence-electron chi connectivity index (χ4n) is 8.45. The molecule has 0 spiro atoms. The zero-order valence-corrected chi connectivity index (χ0v) is 44.9. The molecule has 3 unspecified atom stereocenters. The van der Waals surface area contributed by atoms with Gasteiger partial charge < -0.3 is 19.8 Å². The molecule has 0 aromatic carbocycles. The summed E-state index contributed by atoms with van der Waals surface area (Å²) >= 11 is 0. The lowest BCUT2D eigenvalue weighted by atomic mass is 10.0. The van der Waals surface area contributed by atoms with E-state index in [2.05, 4.69) is 31.3 Å². The first kappa shape index (κ1) is 64.0. The zero-order chi connectivity index (χ0) is 47.8. The number of aliphatic hydroxyl groups excluding tert-OH is 1. The van der Waals surface area contributed by atoms with Gasteiger partial charge in [0.25, 0.3) is 0 Å². The number of unbranched alkanes of at least 4 members (excludes halogenated alkanes) is 37. The van der Waals surface area contributed by atoms with Crippen LogP contribution in [0.1, 0.15) is 277 Å². The molecule has 8 nitrogen and oxygen atoms in total. The minimum absolute atomic E-state index is 0.0622. The lowest BCUT2D eigenvalue weighted by molar-refractivity contribution is -0.870. The number of rotatable bonds is 52. The maximum absolute atomic E-state index is 13.0. The highest BCUT2D eigenvalue weighted by atomic mass is 31.2. The lowest BCUT2D eigenvalue weighted by Gasteiger charge is -2.25. The van der Waals surface area contributed by atoms with Gasteiger partial charge in [-0.25, -0.2) is 4.57 Å². The first-order chi connectivity index (χ1) is 31.5. The molecule has 3 atom stereocenters. The summed E-state index contributed by atoms with van der Waals surface area (Å²) in [7, 11) is 1.58. The summed E-state index contributed by atoms with van der Waals surface area (Å²) in [6.07, 6.45) is 59.8. The molecule has 0 aliphatic heterocycles. The van der Waals surface area contributed by atoms with Crippen LogP contribution in [0.15, 0.2) is 24.3 Å². The molecule has 0 bridgehead atoms. The summed E-state index contributed by atoms with van der Waals surface area (Å²) < 4.78 is 23.7. The SMILES string of the molecule is CCCCCCCCCCCCCC/C=C\CCCCCCCCCC(=O)NC(COP(=O)(O)OCC[N+](C)(C)C)C(O)/C=C/CCCCCCCCCCCCCCCCCCCC. The molecule has 0 fully saturated rings. The predicted molar refractivity (Wildman–Crippen MR) is 281 cm³/mol. The zero-order valence-electron chi connectivity index (χ0n) is 44.0. The third kappa shape index (κ3) is 50.7. The van der Waals surface area contributed by atoms with E-state index in [0.29, 0.717) is 17.4 Å². The summed E-state index contributed by atoms with van der Waals surface area (Å²) in [5, 5.41) is 13.9. The second-order valence-electron chi connectivity index (χ2n) is 20.7. The highest BCUT2D eigenvalue weighted by molar-refractivity contribution is 7.47. The van der Waals surface area contributed by atoms with Gasteiger partial charge in [-0.3, -0.25) is 13.8 Å². The van der Waals surface area contributed by atoms with Crippen molar-refractivity contribution in [2.75, 3.05) is 40.9 Å². The van der Waals surface area contributed by atoms with Crippen molar-refractivity contribution in [1.82, 2.24) is 5.32 Å². The molecule has 0 aromatic rings. The minimum Gasteiger partial charge on any atom is -0.387 e. The van der Waals surface area contributed by atoms with Gasteiger partial charge in [-0.15, -0.1) is 0 Å². The van der Waals surface area contributed by atoms with E-state index in [0.717, 1.165) is 38.5 Å². The largest absolute Gasteiger partial charge is 0.472 e. The Labute approximate surface area is 404 Å².